The minimum Gasteiger partial charge on any atom is -0.310 e. The van der Waals surface area contributed by atoms with Gasteiger partial charge in [-0.3, -0.25) is 4.79 Å². The van der Waals surface area contributed by atoms with Crippen molar-refractivity contribution < 1.29 is 13.2 Å². The van der Waals surface area contributed by atoms with E-state index >= 15 is 0 Å². The molecule has 1 aliphatic heterocycles. The molecule has 2 aromatic carbocycles. The number of hydrogen-bond acceptors (Lipinski definition) is 4. The number of hydrogen-bond donors (Lipinski definition) is 0. The molecule has 3 rings (SSSR count). The number of anilines is 1. The first-order valence-electron chi connectivity index (χ1n) is 11.0. The predicted molar refractivity (Wildman–Crippen MR) is 126 cm³/mol. The fourth-order valence-electron chi connectivity index (χ4n) is 4.65. The van der Waals surface area contributed by atoms with Gasteiger partial charge >= 0.3 is 0 Å². The van der Waals surface area contributed by atoms with Crippen molar-refractivity contribution in [2.24, 2.45) is 5.92 Å². The Hall–Kier alpha value is -2.69. The lowest BCUT2D eigenvalue weighted by molar-refractivity contribution is -0.123. The third-order valence-corrected chi connectivity index (χ3v) is 8.22. The number of nitriles is 1. The first kappa shape index (κ1) is 24.0. The van der Waals surface area contributed by atoms with Crippen LogP contribution in [0.3, 0.4) is 0 Å². The van der Waals surface area contributed by atoms with E-state index in [4.69, 9.17) is 0 Å². The van der Waals surface area contributed by atoms with Crippen LogP contribution in [0.1, 0.15) is 48.9 Å². The normalized spacial score (nSPS) is 15.5. The lowest BCUT2D eigenvalue weighted by Gasteiger charge is -2.35. The predicted octanol–water partition coefficient (Wildman–Crippen LogP) is 4.33. The summed E-state index contributed by atoms with van der Waals surface area (Å²) in [4.78, 5) is 15.5. The topological polar surface area (TPSA) is 81.5 Å². The Balaban J connectivity index is 1.78. The van der Waals surface area contributed by atoms with Crippen LogP contribution >= 0.6 is 0 Å². The van der Waals surface area contributed by atoms with Crippen LogP contribution in [-0.2, 0) is 14.8 Å². The van der Waals surface area contributed by atoms with Crippen LogP contribution in [0.5, 0.6) is 0 Å². The number of sulfonamides is 1. The highest BCUT2D eigenvalue weighted by Crippen LogP contribution is 2.31. The zero-order chi connectivity index (χ0) is 23.6. The van der Waals surface area contributed by atoms with E-state index in [2.05, 4.69) is 6.07 Å². The lowest BCUT2D eigenvalue weighted by Crippen LogP contribution is -2.46. The second-order valence-corrected chi connectivity index (χ2v) is 10.7. The Morgan fingerprint density at radius 2 is 1.69 bits per heavy atom. The van der Waals surface area contributed by atoms with E-state index in [1.807, 2.05) is 52.8 Å². The van der Waals surface area contributed by atoms with E-state index in [0.717, 1.165) is 16.7 Å². The number of carbonyl (C=O) groups excluding carboxylic acids is 1. The molecule has 1 amide bonds. The highest BCUT2D eigenvalue weighted by Gasteiger charge is 2.36. The summed E-state index contributed by atoms with van der Waals surface area (Å²) in [6.45, 7) is 10.1. The molecule has 0 aliphatic carbocycles. The van der Waals surface area contributed by atoms with Crippen molar-refractivity contribution in [2.75, 3.05) is 18.0 Å². The molecule has 0 aromatic heterocycles. The molecule has 0 unspecified atom stereocenters. The third kappa shape index (κ3) is 4.72. The van der Waals surface area contributed by atoms with Crippen molar-refractivity contribution >= 4 is 21.6 Å². The highest BCUT2D eigenvalue weighted by molar-refractivity contribution is 7.89. The van der Waals surface area contributed by atoms with Crippen LogP contribution in [0, 0.1) is 38.0 Å². The Bertz CT molecular complexity index is 1130. The van der Waals surface area contributed by atoms with Gasteiger partial charge in [0, 0.05) is 30.7 Å². The standard InChI is InChI=1S/C25H31N3O3S/c1-17(2)28(23-8-6-7-21(15-23)16-26)25(29)22-9-11-27(12-10-22)32(30,31)24-19(4)13-18(3)14-20(24)5/h6-8,13-15,17,22H,9-12H2,1-5H3. The number of carbonyl (C=O) groups is 1. The summed E-state index contributed by atoms with van der Waals surface area (Å²) in [5.41, 5.74) is 3.75. The fourth-order valence-corrected chi connectivity index (χ4v) is 6.53. The molecular weight excluding hydrogens is 422 g/mol. The second-order valence-electron chi connectivity index (χ2n) is 8.87. The fraction of sp³-hybridized carbons (Fsp3) is 0.440. The largest absolute Gasteiger partial charge is 0.310 e. The summed E-state index contributed by atoms with van der Waals surface area (Å²) in [5.74, 6) is -0.273. The average Bonchev–Trinajstić information content (AvgIpc) is 2.73. The van der Waals surface area contributed by atoms with Crippen LogP contribution in [0.2, 0.25) is 0 Å². The van der Waals surface area contributed by atoms with E-state index in [-0.39, 0.29) is 17.9 Å². The molecule has 1 aliphatic rings. The zero-order valence-electron chi connectivity index (χ0n) is 19.4. The number of piperidine rings is 1. The van der Waals surface area contributed by atoms with Crippen molar-refractivity contribution in [2.45, 2.75) is 58.4 Å². The highest BCUT2D eigenvalue weighted by atomic mass is 32.2. The molecule has 32 heavy (non-hydrogen) atoms. The summed E-state index contributed by atoms with van der Waals surface area (Å²) < 4.78 is 28.2. The molecule has 0 spiro atoms. The van der Waals surface area contributed by atoms with Crippen LogP contribution < -0.4 is 4.90 Å². The van der Waals surface area contributed by atoms with Gasteiger partial charge in [0.25, 0.3) is 0 Å². The molecule has 6 nitrogen and oxygen atoms in total. The molecule has 0 radical (unpaired) electrons. The second kappa shape index (κ2) is 9.43. The monoisotopic (exact) mass is 453 g/mol. The maximum Gasteiger partial charge on any atom is 0.243 e. The van der Waals surface area contributed by atoms with E-state index < -0.39 is 10.0 Å². The first-order valence-corrected chi connectivity index (χ1v) is 12.4. The van der Waals surface area contributed by atoms with Crippen molar-refractivity contribution in [1.82, 2.24) is 4.31 Å². The van der Waals surface area contributed by atoms with E-state index in [1.54, 1.807) is 23.1 Å². The molecule has 1 saturated heterocycles. The van der Waals surface area contributed by atoms with Crippen LogP contribution in [-0.4, -0.2) is 37.8 Å². The minimum absolute atomic E-state index is 0.0187. The Labute approximate surface area is 191 Å². The minimum atomic E-state index is -3.61. The van der Waals surface area contributed by atoms with E-state index in [0.29, 0.717) is 42.1 Å². The van der Waals surface area contributed by atoms with Crippen molar-refractivity contribution in [3.63, 3.8) is 0 Å². The molecule has 170 valence electrons. The van der Waals surface area contributed by atoms with Crippen LogP contribution in [0.4, 0.5) is 5.69 Å². The van der Waals surface area contributed by atoms with Crippen molar-refractivity contribution in [3.8, 4) is 6.07 Å². The smallest absolute Gasteiger partial charge is 0.243 e. The van der Waals surface area contributed by atoms with Gasteiger partial charge < -0.3 is 4.90 Å². The molecular formula is C25H31N3O3S. The van der Waals surface area contributed by atoms with Gasteiger partial charge in [0.15, 0.2) is 0 Å². The number of benzene rings is 2. The molecule has 0 bridgehead atoms. The summed E-state index contributed by atoms with van der Waals surface area (Å²) in [7, 11) is -3.61. The summed E-state index contributed by atoms with van der Waals surface area (Å²) in [5, 5.41) is 9.21. The maximum absolute atomic E-state index is 13.4. The lowest BCUT2D eigenvalue weighted by atomic mass is 9.95. The quantitative estimate of drug-likeness (QED) is 0.675. The Kier molecular flexibility index (Phi) is 7.06. The van der Waals surface area contributed by atoms with Gasteiger partial charge in [0.2, 0.25) is 15.9 Å². The molecule has 1 heterocycles. The SMILES string of the molecule is Cc1cc(C)c(S(=O)(=O)N2CCC(C(=O)N(c3cccc(C#N)c3)C(C)C)CC2)c(C)c1. The average molecular weight is 454 g/mol. The van der Waals surface area contributed by atoms with Gasteiger partial charge in [0.05, 0.1) is 16.5 Å². The number of rotatable bonds is 5. The van der Waals surface area contributed by atoms with Gasteiger partial charge in [-0.2, -0.15) is 9.57 Å². The van der Waals surface area contributed by atoms with Crippen molar-refractivity contribution in [3.05, 3.63) is 58.7 Å². The third-order valence-electron chi connectivity index (χ3n) is 6.01. The molecule has 1 fully saturated rings. The van der Waals surface area contributed by atoms with Crippen LogP contribution in [0.25, 0.3) is 0 Å². The van der Waals surface area contributed by atoms with Gasteiger partial charge in [-0.25, -0.2) is 8.42 Å². The van der Waals surface area contributed by atoms with E-state index in [9.17, 15) is 18.5 Å². The number of amides is 1. The molecule has 0 atom stereocenters. The van der Waals surface area contributed by atoms with Gasteiger partial charge in [-0.1, -0.05) is 23.8 Å². The Morgan fingerprint density at radius 3 is 2.22 bits per heavy atom. The summed E-state index contributed by atoms with van der Waals surface area (Å²) in [6, 6.07) is 12.9. The van der Waals surface area contributed by atoms with Crippen molar-refractivity contribution in [1.29, 1.82) is 5.26 Å². The van der Waals surface area contributed by atoms with Gasteiger partial charge in [-0.05, 0) is 76.8 Å². The summed E-state index contributed by atoms with van der Waals surface area (Å²) >= 11 is 0. The molecule has 0 N–H and O–H groups in total. The number of aryl methyl sites for hydroxylation is 3. The molecule has 2 aromatic rings. The van der Waals surface area contributed by atoms with Gasteiger partial charge in [0.1, 0.15) is 0 Å². The number of nitrogens with zero attached hydrogens (tertiary/aromatic N) is 3. The molecule has 0 saturated carbocycles. The maximum atomic E-state index is 13.4. The first-order chi connectivity index (χ1) is 15.1. The summed E-state index contributed by atoms with van der Waals surface area (Å²) in [6.07, 6.45) is 0.951. The van der Waals surface area contributed by atoms with Crippen LogP contribution in [0.15, 0.2) is 41.3 Å². The van der Waals surface area contributed by atoms with E-state index in [1.165, 1.54) is 4.31 Å². The molecule has 7 heteroatoms. The zero-order valence-corrected chi connectivity index (χ0v) is 20.2. The Morgan fingerprint density at radius 1 is 1.09 bits per heavy atom. The van der Waals surface area contributed by atoms with Gasteiger partial charge in [-0.15, -0.1) is 0 Å².